The summed E-state index contributed by atoms with van der Waals surface area (Å²) in [5, 5.41) is 2.85. The Labute approximate surface area is 127 Å². The molecule has 0 saturated carbocycles. The number of nitrogens with zero attached hydrogens (tertiary/aromatic N) is 2. The average molecular weight is 285 g/mol. The molecule has 1 N–H and O–H groups in total. The van der Waals surface area contributed by atoms with Crippen LogP contribution in [0, 0.1) is 11.8 Å². The molecule has 2 rings (SSSR count). The van der Waals surface area contributed by atoms with Crippen molar-refractivity contribution in [3.8, 4) is 11.8 Å². The molecule has 0 aromatic heterocycles. The predicted octanol–water partition coefficient (Wildman–Crippen LogP) is 1.11. The molecule has 0 radical (unpaired) electrons. The normalized spacial score (nSPS) is 19.6. The lowest BCUT2D eigenvalue weighted by molar-refractivity contribution is -0.115. The first-order chi connectivity index (χ1) is 10.2. The van der Waals surface area contributed by atoms with Gasteiger partial charge in [0, 0.05) is 38.8 Å². The minimum absolute atomic E-state index is 0.192. The zero-order valence-electron chi connectivity index (χ0n) is 12.8. The molecule has 4 heteroatoms. The monoisotopic (exact) mass is 285 g/mol. The molecule has 0 spiro atoms. The molecule has 1 unspecified atom stereocenters. The Kier molecular flexibility index (Phi) is 5.79. The number of likely N-dealkylation sites (N-methyl/N-ethyl adjacent to an activating group) is 1. The fourth-order valence-corrected chi connectivity index (χ4v) is 2.69. The van der Waals surface area contributed by atoms with Crippen LogP contribution >= 0.6 is 0 Å². The van der Waals surface area contributed by atoms with Gasteiger partial charge in [0.1, 0.15) is 0 Å². The smallest absolute Gasteiger partial charge is 0.295 e. The maximum absolute atomic E-state index is 11.4. The van der Waals surface area contributed by atoms with Gasteiger partial charge in [-0.25, -0.2) is 0 Å². The van der Waals surface area contributed by atoms with Gasteiger partial charge in [0.25, 0.3) is 5.91 Å². The largest absolute Gasteiger partial charge is 0.344 e. The predicted molar refractivity (Wildman–Crippen MR) is 84.7 cm³/mol. The second kappa shape index (κ2) is 7.82. The van der Waals surface area contributed by atoms with Crippen LogP contribution in [0.2, 0.25) is 0 Å². The molecule has 112 valence electrons. The number of benzene rings is 1. The maximum Gasteiger partial charge on any atom is 0.295 e. The highest BCUT2D eigenvalue weighted by Gasteiger charge is 2.25. The van der Waals surface area contributed by atoms with E-state index in [2.05, 4.69) is 58.3 Å². The van der Waals surface area contributed by atoms with Crippen molar-refractivity contribution in [3.05, 3.63) is 35.9 Å². The summed E-state index contributed by atoms with van der Waals surface area (Å²) >= 11 is 0. The summed E-state index contributed by atoms with van der Waals surface area (Å²) in [6, 6.07) is 11.0. The molecular weight excluding hydrogens is 262 g/mol. The highest BCUT2D eigenvalue weighted by Crippen LogP contribution is 2.24. The van der Waals surface area contributed by atoms with Gasteiger partial charge in [-0.05, 0) is 25.5 Å². The van der Waals surface area contributed by atoms with Crippen LogP contribution in [0.1, 0.15) is 18.5 Å². The quantitative estimate of drug-likeness (QED) is 0.842. The maximum atomic E-state index is 11.4. The van der Waals surface area contributed by atoms with Crippen LogP contribution in [0.3, 0.4) is 0 Å². The molecule has 1 aliphatic heterocycles. The zero-order chi connectivity index (χ0) is 15.1. The van der Waals surface area contributed by atoms with Gasteiger partial charge in [0.2, 0.25) is 0 Å². The average Bonchev–Trinajstić information content (AvgIpc) is 2.50. The standard InChI is InChI=1S/C17H23N3O/c1-3-7-17(21)18-10-11-20-13-12-19(2)14-16(20)15-8-5-4-6-9-15/h4-6,8-9,16H,10-14H2,1-2H3,(H,18,21). The number of rotatable bonds is 4. The molecule has 0 bridgehead atoms. The van der Waals surface area contributed by atoms with Gasteiger partial charge >= 0.3 is 0 Å². The third-order valence-corrected chi connectivity index (χ3v) is 3.80. The summed E-state index contributed by atoms with van der Waals surface area (Å²) in [6.45, 7) is 6.26. The van der Waals surface area contributed by atoms with E-state index in [0.29, 0.717) is 12.6 Å². The summed E-state index contributed by atoms with van der Waals surface area (Å²) in [5.74, 6) is 4.93. The lowest BCUT2D eigenvalue weighted by Crippen LogP contribution is -2.48. The molecule has 1 aliphatic rings. The summed E-state index contributed by atoms with van der Waals surface area (Å²) < 4.78 is 0. The lowest BCUT2D eigenvalue weighted by Gasteiger charge is -2.40. The van der Waals surface area contributed by atoms with E-state index in [9.17, 15) is 4.79 Å². The van der Waals surface area contributed by atoms with Crippen molar-refractivity contribution in [3.63, 3.8) is 0 Å². The molecule has 0 aliphatic carbocycles. The van der Waals surface area contributed by atoms with E-state index in [1.165, 1.54) is 5.56 Å². The van der Waals surface area contributed by atoms with E-state index in [4.69, 9.17) is 0 Å². The Bertz CT molecular complexity index is 518. The number of amides is 1. The summed E-state index contributed by atoms with van der Waals surface area (Å²) in [7, 11) is 2.16. The topological polar surface area (TPSA) is 35.6 Å². The van der Waals surface area contributed by atoms with E-state index >= 15 is 0 Å². The van der Waals surface area contributed by atoms with Crippen molar-refractivity contribution < 1.29 is 4.79 Å². The Morgan fingerprint density at radius 1 is 1.33 bits per heavy atom. The van der Waals surface area contributed by atoms with Gasteiger partial charge in [-0.3, -0.25) is 9.69 Å². The van der Waals surface area contributed by atoms with Gasteiger partial charge in [0.05, 0.1) is 0 Å². The first-order valence-corrected chi connectivity index (χ1v) is 7.39. The summed E-state index contributed by atoms with van der Waals surface area (Å²) in [5.41, 5.74) is 1.34. The zero-order valence-corrected chi connectivity index (χ0v) is 12.8. The number of carbonyl (C=O) groups excluding carboxylic acids is 1. The molecule has 1 atom stereocenters. The van der Waals surface area contributed by atoms with E-state index in [-0.39, 0.29) is 5.91 Å². The number of hydrogen-bond acceptors (Lipinski definition) is 3. The molecule has 4 nitrogen and oxygen atoms in total. The fourth-order valence-electron chi connectivity index (χ4n) is 2.69. The van der Waals surface area contributed by atoms with Crippen LogP contribution in [0.5, 0.6) is 0 Å². The Morgan fingerprint density at radius 2 is 2.10 bits per heavy atom. The molecular formula is C17H23N3O. The number of nitrogens with one attached hydrogen (secondary N) is 1. The van der Waals surface area contributed by atoms with Crippen LogP contribution in [-0.4, -0.2) is 55.5 Å². The van der Waals surface area contributed by atoms with Crippen LogP contribution in [0.25, 0.3) is 0 Å². The van der Waals surface area contributed by atoms with Crippen molar-refractivity contribution in [1.29, 1.82) is 0 Å². The van der Waals surface area contributed by atoms with Crippen LogP contribution < -0.4 is 5.32 Å². The van der Waals surface area contributed by atoms with Gasteiger partial charge in [-0.2, -0.15) is 0 Å². The Hall–Kier alpha value is -1.83. The van der Waals surface area contributed by atoms with E-state index in [1.807, 2.05) is 6.07 Å². The van der Waals surface area contributed by atoms with Crippen LogP contribution in [0.4, 0.5) is 0 Å². The molecule has 1 heterocycles. The van der Waals surface area contributed by atoms with Crippen molar-refractivity contribution in [2.45, 2.75) is 13.0 Å². The first kappa shape index (κ1) is 15.6. The number of carbonyl (C=O) groups is 1. The summed E-state index contributed by atoms with van der Waals surface area (Å²) in [6.07, 6.45) is 0. The van der Waals surface area contributed by atoms with Crippen molar-refractivity contribution in [2.24, 2.45) is 0 Å². The highest BCUT2D eigenvalue weighted by atomic mass is 16.1. The van der Waals surface area contributed by atoms with E-state index < -0.39 is 0 Å². The van der Waals surface area contributed by atoms with Crippen molar-refractivity contribution in [2.75, 3.05) is 39.8 Å². The Morgan fingerprint density at radius 3 is 2.81 bits per heavy atom. The number of piperazine rings is 1. The third kappa shape index (κ3) is 4.59. The molecule has 1 amide bonds. The van der Waals surface area contributed by atoms with Gasteiger partial charge in [0.15, 0.2) is 0 Å². The van der Waals surface area contributed by atoms with E-state index in [0.717, 1.165) is 26.2 Å². The molecule has 21 heavy (non-hydrogen) atoms. The van der Waals surface area contributed by atoms with Gasteiger partial charge in [-0.1, -0.05) is 36.3 Å². The van der Waals surface area contributed by atoms with Crippen molar-refractivity contribution in [1.82, 2.24) is 15.1 Å². The molecule has 1 aromatic carbocycles. The van der Waals surface area contributed by atoms with Gasteiger partial charge in [-0.15, -0.1) is 0 Å². The molecule has 1 aromatic rings. The lowest BCUT2D eigenvalue weighted by atomic mass is 10.0. The van der Waals surface area contributed by atoms with Crippen LogP contribution in [0.15, 0.2) is 30.3 Å². The minimum Gasteiger partial charge on any atom is -0.344 e. The molecule has 1 saturated heterocycles. The van der Waals surface area contributed by atoms with Crippen molar-refractivity contribution >= 4 is 5.91 Å². The number of hydrogen-bond donors (Lipinski definition) is 1. The second-order valence-corrected chi connectivity index (χ2v) is 5.36. The highest BCUT2D eigenvalue weighted by molar-refractivity contribution is 5.93. The fraction of sp³-hybridized carbons (Fsp3) is 0.471. The third-order valence-electron chi connectivity index (χ3n) is 3.80. The Balaban J connectivity index is 1.95. The molecule has 1 fully saturated rings. The minimum atomic E-state index is -0.192. The second-order valence-electron chi connectivity index (χ2n) is 5.36. The first-order valence-electron chi connectivity index (χ1n) is 7.39. The summed E-state index contributed by atoms with van der Waals surface area (Å²) in [4.78, 5) is 16.2. The van der Waals surface area contributed by atoms with E-state index in [1.54, 1.807) is 6.92 Å². The SMILES string of the molecule is CC#CC(=O)NCCN1CCN(C)CC1c1ccccc1. The van der Waals surface area contributed by atoms with Crippen LogP contribution in [-0.2, 0) is 4.79 Å². The van der Waals surface area contributed by atoms with Gasteiger partial charge < -0.3 is 10.2 Å².